The molecule has 2 N–H and O–H groups in total. The molecule has 0 saturated heterocycles. The Balaban J connectivity index is 1.72. The number of carbonyl (C=O) groups is 1. The maximum Gasteiger partial charge on any atom is 0.275 e. The standard InChI is InChI=1S/C19H19N3O3S/c1-12-5-4-6-13(9-12)20-18(23)16-11-26-19(22-16)21-15-8-7-14(24-2)10-17(15)25-3/h4-11H,1-3H3,(H,20,23)(H,21,22). The van der Waals surface area contributed by atoms with Gasteiger partial charge in [-0.1, -0.05) is 12.1 Å². The van der Waals surface area contributed by atoms with Crippen molar-refractivity contribution in [1.82, 2.24) is 4.98 Å². The highest BCUT2D eigenvalue weighted by Gasteiger charge is 2.13. The quantitative estimate of drug-likeness (QED) is 0.671. The first kappa shape index (κ1) is 17.8. The summed E-state index contributed by atoms with van der Waals surface area (Å²) in [5, 5.41) is 8.33. The molecular weight excluding hydrogens is 350 g/mol. The van der Waals surface area contributed by atoms with E-state index in [0.717, 1.165) is 16.9 Å². The number of amides is 1. The Hall–Kier alpha value is -3.06. The molecule has 0 fully saturated rings. The van der Waals surface area contributed by atoms with E-state index < -0.39 is 0 Å². The van der Waals surface area contributed by atoms with Crippen LogP contribution in [0.2, 0.25) is 0 Å². The number of anilines is 3. The van der Waals surface area contributed by atoms with E-state index in [1.807, 2.05) is 43.3 Å². The third-order valence-electron chi connectivity index (χ3n) is 3.66. The van der Waals surface area contributed by atoms with Crippen molar-refractivity contribution in [1.29, 1.82) is 0 Å². The van der Waals surface area contributed by atoms with Crippen LogP contribution < -0.4 is 20.1 Å². The Morgan fingerprint density at radius 2 is 1.96 bits per heavy atom. The molecule has 26 heavy (non-hydrogen) atoms. The fourth-order valence-electron chi connectivity index (χ4n) is 2.37. The number of thiazole rings is 1. The summed E-state index contributed by atoms with van der Waals surface area (Å²) in [5.74, 6) is 1.08. The predicted molar refractivity (Wildman–Crippen MR) is 104 cm³/mol. The number of aromatic nitrogens is 1. The van der Waals surface area contributed by atoms with Crippen LogP contribution in [0.5, 0.6) is 11.5 Å². The van der Waals surface area contributed by atoms with Crippen molar-refractivity contribution in [3.05, 3.63) is 59.1 Å². The molecule has 2 aromatic carbocycles. The Morgan fingerprint density at radius 3 is 2.69 bits per heavy atom. The molecule has 1 aromatic heterocycles. The lowest BCUT2D eigenvalue weighted by Crippen LogP contribution is -2.12. The minimum atomic E-state index is -0.249. The maximum absolute atomic E-state index is 12.4. The normalized spacial score (nSPS) is 10.3. The van der Waals surface area contributed by atoms with Crippen molar-refractivity contribution in [2.45, 2.75) is 6.92 Å². The maximum atomic E-state index is 12.4. The molecule has 0 spiro atoms. The summed E-state index contributed by atoms with van der Waals surface area (Å²) in [7, 11) is 3.18. The summed E-state index contributed by atoms with van der Waals surface area (Å²) in [5.41, 5.74) is 2.92. The highest BCUT2D eigenvalue weighted by Crippen LogP contribution is 2.32. The molecule has 1 heterocycles. The van der Waals surface area contributed by atoms with E-state index in [1.54, 1.807) is 25.7 Å². The van der Waals surface area contributed by atoms with E-state index >= 15 is 0 Å². The van der Waals surface area contributed by atoms with Gasteiger partial charge in [0.1, 0.15) is 17.2 Å². The summed E-state index contributed by atoms with van der Waals surface area (Å²) in [6.45, 7) is 1.97. The lowest BCUT2D eigenvalue weighted by atomic mass is 10.2. The molecule has 1 amide bonds. The minimum Gasteiger partial charge on any atom is -0.497 e. The van der Waals surface area contributed by atoms with Gasteiger partial charge in [0.2, 0.25) is 0 Å². The third kappa shape index (κ3) is 4.12. The molecule has 0 aliphatic carbocycles. The molecule has 134 valence electrons. The zero-order valence-corrected chi connectivity index (χ0v) is 15.5. The highest BCUT2D eigenvalue weighted by molar-refractivity contribution is 7.14. The van der Waals surface area contributed by atoms with Gasteiger partial charge in [-0.05, 0) is 36.8 Å². The smallest absolute Gasteiger partial charge is 0.275 e. The summed E-state index contributed by atoms with van der Waals surface area (Å²) in [6.07, 6.45) is 0. The third-order valence-corrected chi connectivity index (χ3v) is 4.42. The summed E-state index contributed by atoms with van der Waals surface area (Å²) in [6, 6.07) is 13.1. The van der Waals surface area contributed by atoms with Crippen LogP contribution in [0.3, 0.4) is 0 Å². The molecule has 3 aromatic rings. The topological polar surface area (TPSA) is 72.5 Å². The number of carbonyl (C=O) groups excluding carboxylic acids is 1. The lowest BCUT2D eigenvalue weighted by molar-refractivity contribution is 0.102. The first-order valence-corrected chi connectivity index (χ1v) is 8.79. The first-order chi connectivity index (χ1) is 12.6. The summed E-state index contributed by atoms with van der Waals surface area (Å²) < 4.78 is 10.5. The fourth-order valence-corrected chi connectivity index (χ4v) is 3.07. The van der Waals surface area contributed by atoms with E-state index in [-0.39, 0.29) is 5.91 Å². The number of nitrogens with zero attached hydrogens (tertiary/aromatic N) is 1. The number of ether oxygens (including phenoxy) is 2. The van der Waals surface area contributed by atoms with Crippen LogP contribution in [0, 0.1) is 6.92 Å². The van der Waals surface area contributed by atoms with Gasteiger partial charge in [-0.3, -0.25) is 4.79 Å². The van der Waals surface area contributed by atoms with Gasteiger partial charge >= 0.3 is 0 Å². The van der Waals surface area contributed by atoms with Gasteiger partial charge in [0.25, 0.3) is 5.91 Å². The Labute approximate surface area is 155 Å². The molecule has 0 bridgehead atoms. The average molecular weight is 369 g/mol. The zero-order valence-electron chi connectivity index (χ0n) is 14.7. The average Bonchev–Trinajstić information content (AvgIpc) is 3.11. The van der Waals surface area contributed by atoms with E-state index in [1.165, 1.54) is 11.3 Å². The van der Waals surface area contributed by atoms with E-state index in [9.17, 15) is 4.79 Å². The molecule has 7 heteroatoms. The van der Waals surface area contributed by atoms with Gasteiger partial charge in [-0.15, -0.1) is 11.3 Å². The number of rotatable bonds is 6. The Bertz CT molecular complexity index is 924. The van der Waals surface area contributed by atoms with Crippen molar-refractivity contribution in [3.63, 3.8) is 0 Å². The van der Waals surface area contributed by atoms with Gasteiger partial charge < -0.3 is 20.1 Å². The number of hydrogen-bond donors (Lipinski definition) is 2. The summed E-state index contributed by atoms with van der Waals surface area (Å²) in [4.78, 5) is 16.7. The first-order valence-electron chi connectivity index (χ1n) is 7.91. The van der Waals surface area contributed by atoms with Crippen molar-refractivity contribution >= 4 is 33.8 Å². The van der Waals surface area contributed by atoms with Crippen molar-refractivity contribution in [3.8, 4) is 11.5 Å². The van der Waals surface area contributed by atoms with Crippen LogP contribution in [-0.2, 0) is 0 Å². The molecule has 6 nitrogen and oxygen atoms in total. The number of methoxy groups -OCH3 is 2. The Kier molecular flexibility index (Phi) is 5.38. The Morgan fingerprint density at radius 1 is 1.12 bits per heavy atom. The minimum absolute atomic E-state index is 0.249. The molecule has 3 rings (SSSR count). The van der Waals surface area contributed by atoms with Crippen LogP contribution in [0.4, 0.5) is 16.5 Å². The zero-order chi connectivity index (χ0) is 18.5. The number of aryl methyl sites for hydroxylation is 1. The molecule has 0 radical (unpaired) electrons. The molecular formula is C19H19N3O3S. The van der Waals surface area contributed by atoms with Gasteiger partial charge in [0.05, 0.1) is 19.9 Å². The second-order valence-corrected chi connectivity index (χ2v) is 6.41. The van der Waals surface area contributed by atoms with E-state index in [0.29, 0.717) is 22.3 Å². The van der Waals surface area contributed by atoms with Crippen LogP contribution in [0.15, 0.2) is 47.8 Å². The molecule has 0 aliphatic rings. The molecule has 0 aliphatic heterocycles. The van der Waals surface area contributed by atoms with Crippen molar-refractivity contribution in [2.24, 2.45) is 0 Å². The van der Waals surface area contributed by atoms with Gasteiger partial charge in [-0.25, -0.2) is 4.98 Å². The summed E-state index contributed by atoms with van der Waals surface area (Å²) >= 11 is 1.35. The second-order valence-electron chi connectivity index (χ2n) is 5.55. The van der Waals surface area contributed by atoms with Crippen LogP contribution in [0.25, 0.3) is 0 Å². The predicted octanol–water partition coefficient (Wildman–Crippen LogP) is 4.46. The number of hydrogen-bond acceptors (Lipinski definition) is 6. The van der Waals surface area contributed by atoms with Crippen LogP contribution >= 0.6 is 11.3 Å². The number of benzene rings is 2. The SMILES string of the molecule is COc1ccc(Nc2nc(C(=O)Nc3cccc(C)c3)cs2)c(OC)c1. The van der Waals surface area contributed by atoms with Crippen molar-refractivity contribution in [2.75, 3.05) is 24.9 Å². The van der Waals surface area contributed by atoms with Crippen molar-refractivity contribution < 1.29 is 14.3 Å². The monoisotopic (exact) mass is 369 g/mol. The highest BCUT2D eigenvalue weighted by atomic mass is 32.1. The number of nitrogens with one attached hydrogen (secondary N) is 2. The fraction of sp³-hybridized carbons (Fsp3) is 0.158. The lowest BCUT2D eigenvalue weighted by Gasteiger charge is -2.10. The molecule has 0 atom stereocenters. The van der Waals surface area contributed by atoms with Gasteiger partial charge in [0, 0.05) is 17.1 Å². The second kappa shape index (κ2) is 7.88. The largest absolute Gasteiger partial charge is 0.497 e. The van der Waals surface area contributed by atoms with Gasteiger partial charge in [0.15, 0.2) is 5.13 Å². The van der Waals surface area contributed by atoms with Crippen LogP contribution in [0.1, 0.15) is 16.1 Å². The molecule has 0 saturated carbocycles. The van der Waals surface area contributed by atoms with E-state index in [2.05, 4.69) is 15.6 Å². The molecule has 0 unspecified atom stereocenters. The van der Waals surface area contributed by atoms with Gasteiger partial charge in [-0.2, -0.15) is 0 Å². The van der Waals surface area contributed by atoms with Crippen LogP contribution in [-0.4, -0.2) is 25.1 Å². The van der Waals surface area contributed by atoms with E-state index in [4.69, 9.17) is 9.47 Å².